The molecule has 0 aliphatic carbocycles. The van der Waals surface area contributed by atoms with E-state index in [0.29, 0.717) is 0 Å². The van der Waals surface area contributed by atoms with Crippen molar-refractivity contribution < 1.29 is 4.74 Å². The number of hydrogen-bond donors (Lipinski definition) is 0. The first-order chi connectivity index (χ1) is 8.80. The van der Waals surface area contributed by atoms with Crippen LogP contribution in [0.1, 0.15) is 11.1 Å². The highest BCUT2D eigenvalue weighted by atomic mass is 16.5. The molecule has 0 heterocycles. The van der Waals surface area contributed by atoms with Crippen LogP contribution in [0, 0.1) is 0 Å². The van der Waals surface area contributed by atoms with Crippen LogP contribution in [-0.4, -0.2) is 7.11 Å². The SMILES string of the molecule is C=Cc1cccc(OC)c1.C=Cc1ccccc1. The summed E-state index contributed by atoms with van der Waals surface area (Å²) < 4.78 is 5.01. The summed E-state index contributed by atoms with van der Waals surface area (Å²) in [6, 6.07) is 17.8. The average molecular weight is 238 g/mol. The molecule has 0 amide bonds. The Labute approximate surface area is 109 Å². The maximum atomic E-state index is 5.01. The third-order valence-electron chi connectivity index (χ3n) is 2.36. The molecule has 1 heteroatoms. The van der Waals surface area contributed by atoms with Gasteiger partial charge < -0.3 is 4.74 Å². The minimum Gasteiger partial charge on any atom is -0.497 e. The van der Waals surface area contributed by atoms with Gasteiger partial charge in [0.25, 0.3) is 0 Å². The molecule has 0 saturated carbocycles. The van der Waals surface area contributed by atoms with Crippen molar-refractivity contribution in [3.63, 3.8) is 0 Å². The fourth-order valence-corrected chi connectivity index (χ4v) is 1.36. The Hall–Kier alpha value is -2.28. The lowest BCUT2D eigenvalue weighted by Crippen LogP contribution is -1.81. The van der Waals surface area contributed by atoms with Gasteiger partial charge in [-0.2, -0.15) is 0 Å². The molecule has 0 unspecified atom stereocenters. The molecule has 0 spiro atoms. The Kier molecular flexibility index (Phi) is 6.05. The van der Waals surface area contributed by atoms with Crippen molar-refractivity contribution in [2.24, 2.45) is 0 Å². The summed E-state index contributed by atoms with van der Waals surface area (Å²) in [6.07, 6.45) is 3.63. The summed E-state index contributed by atoms with van der Waals surface area (Å²) in [6.45, 7) is 7.28. The third kappa shape index (κ3) is 4.71. The summed E-state index contributed by atoms with van der Waals surface area (Å²) in [4.78, 5) is 0. The molecule has 2 rings (SSSR count). The molecule has 0 bridgehead atoms. The van der Waals surface area contributed by atoms with E-state index in [2.05, 4.69) is 13.2 Å². The predicted octanol–water partition coefficient (Wildman–Crippen LogP) is 4.67. The highest BCUT2D eigenvalue weighted by Gasteiger charge is 1.88. The first-order valence-electron chi connectivity index (χ1n) is 5.74. The van der Waals surface area contributed by atoms with E-state index in [9.17, 15) is 0 Å². The molecule has 0 atom stereocenters. The van der Waals surface area contributed by atoms with Gasteiger partial charge in [0.2, 0.25) is 0 Å². The van der Waals surface area contributed by atoms with Crippen LogP contribution >= 0.6 is 0 Å². The molecule has 18 heavy (non-hydrogen) atoms. The highest BCUT2D eigenvalue weighted by Crippen LogP contribution is 2.12. The highest BCUT2D eigenvalue weighted by molar-refractivity contribution is 5.49. The van der Waals surface area contributed by atoms with Gasteiger partial charge in [-0.15, -0.1) is 0 Å². The molecule has 0 saturated heterocycles. The van der Waals surface area contributed by atoms with Gasteiger partial charge in [-0.05, 0) is 23.3 Å². The van der Waals surface area contributed by atoms with Crippen LogP contribution in [0.2, 0.25) is 0 Å². The second kappa shape index (κ2) is 7.91. The molecule has 92 valence electrons. The molecular weight excluding hydrogens is 220 g/mol. The van der Waals surface area contributed by atoms with E-state index in [4.69, 9.17) is 4.74 Å². The van der Waals surface area contributed by atoms with Crippen LogP contribution in [0.4, 0.5) is 0 Å². The van der Waals surface area contributed by atoms with Crippen LogP contribution in [0.5, 0.6) is 5.75 Å². The van der Waals surface area contributed by atoms with Crippen molar-refractivity contribution in [3.05, 3.63) is 78.9 Å². The predicted molar refractivity (Wildman–Crippen MR) is 79.6 cm³/mol. The van der Waals surface area contributed by atoms with E-state index in [0.717, 1.165) is 11.3 Å². The zero-order chi connectivity index (χ0) is 13.2. The number of methoxy groups -OCH3 is 1. The van der Waals surface area contributed by atoms with Crippen molar-refractivity contribution in [2.75, 3.05) is 7.11 Å². The molecular formula is C17H18O. The fraction of sp³-hybridized carbons (Fsp3) is 0.0588. The van der Waals surface area contributed by atoms with E-state index in [-0.39, 0.29) is 0 Å². The summed E-state index contributed by atoms with van der Waals surface area (Å²) in [7, 11) is 1.65. The zero-order valence-corrected chi connectivity index (χ0v) is 10.7. The van der Waals surface area contributed by atoms with Gasteiger partial charge in [0, 0.05) is 0 Å². The molecule has 0 aromatic heterocycles. The summed E-state index contributed by atoms with van der Waals surface area (Å²) in [5.41, 5.74) is 2.26. The van der Waals surface area contributed by atoms with Crippen LogP contribution in [0.25, 0.3) is 12.2 Å². The topological polar surface area (TPSA) is 9.23 Å². The third-order valence-corrected chi connectivity index (χ3v) is 2.36. The van der Waals surface area contributed by atoms with Crippen LogP contribution in [0.15, 0.2) is 67.8 Å². The van der Waals surface area contributed by atoms with E-state index >= 15 is 0 Å². The fourth-order valence-electron chi connectivity index (χ4n) is 1.36. The van der Waals surface area contributed by atoms with Gasteiger partial charge in [-0.1, -0.05) is 67.8 Å². The normalized spacial score (nSPS) is 8.72. The monoisotopic (exact) mass is 238 g/mol. The first-order valence-corrected chi connectivity index (χ1v) is 5.74. The first kappa shape index (κ1) is 13.8. The average Bonchev–Trinajstić information content (AvgIpc) is 2.48. The molecule has 0 aliphatic heterocycles. The maximum absolute atomic E-state index is 5.01. The minimum atomic E-state index is 0.873. The zero-order valence-electron chi connectivity index (χ0n) is 10.7. The van der Waals surface area contributed by atoms with E-state index < -0.39 is 0 Å². The van der Waals surface area contributed by atoms with Gasteiger partial charge in [0.15, 0.2) is 0 Å². The Bertz CT molecular complexity index is 486. The van der Waals surface area contributed by atoms with Crippen LogP contribution in [-0.2, 0) is 0 Å². The van der Waals surface area contributed by atoms with Gasteiger partial charge in [-0.3, -0.25) is 0 Å². The van der Waals surface area contributed by atoms with Crippen molar-refractivity contribution in [3.8, 4) is 5.75 Å². The standard InChI is InChI=1S/C9H10O.C8H8/c1-3-8-5-4-6-9(7-8)10-2;1-2-8-6-4-3-5-7-8/h3-7H,1H2,2H3;2-7H,1H2. The van der Waals surface area contributed by atoms with Gasteiger partial charge in [0.1, 0.15) is 5.75 Å². The lowest BCUT2D eigenvalue weighted by atomic mass is 10.2. The van der Waals surface area contributed by atoms with E-state index in [1.54, 1.807) is 13.2 Å². The largest absolute Gasteiger partial charge is 0.497 e. The Balaban J connectivity index is 0.000000184. The molecule has 2 aromatic rings. The Morgan fingerprint density at radius 1 is 0.833 bits per heavy atom. The van der Waals surface area contributed by atoms with Crippen molar-refractivity contribution in [1.82, 2.24) is 0 Å². The molecule has 1 nitrogen and oxygen atoms in total. The van der Waals surface area contributed by atoms with Gasteiger partial charge >= 0.3 is 0 Å². The number of hydrogen-bond acceptors (Lipinski definition) is 1. The lowest BCUT2D eigenvalue weighted by Gasteiger charge is -1.98. The smallest absolute Gasteiger partial charge is 0.119 e. The van der Waals surface area contributed by atoms with Crippen molar-refractivity contribution in [1.29, 1.82) is 0 Å². The number of benzene rings is 2. The maximum Gasteiger partial charge on any atom is 0.119 e. The lowest BCUT2D eigenvalue weighted by molar-refractivity contribution is 0.414. The quantitative estimate of drug-likeness (QED) is 0.755. The molecule has 2 aromatic carbocycles. The van der Waals surface area contributed by atoms with Gasteiger partial charge in [-0.25, -0.2) is 0 Å². The van der Waals surface area contributed by atoms with Crippen molar-refractivity contribution >= 4 is 12.2 Å². The van der Waals surface area contributed by atoms with Gasteiger partial charge in [0.05, 0.1) is 7.11 Å². The molecule has 0 aliphatic rings. The number of ether oxygens (including phenoxy) is 1. The Morgan fingerprint density at radius 3 is 1.94 bits per heavy atom. The van der Waals surface area contributed by atoms with E-state index in [1.807, 2.05) is 60.7 Å². The molecule has 0 N–H and O–H groups in total. The van der Waals surface area contributed by atoms with Crippen LogP contribution < -0.4 is 4.74 Å². The van der Waals surface area contributed by atoms with Crippen LogP contribution in [0.3, 0.4) is 0 Å². The number of rotatable bonds is 3. The van der Waals surface area contributed by atoms with E-state index in [1.165, 1.54) is 5.56 Å². The second-order valence-corrected chi connectivity index (χ2v) is 3.60. The summed E-state index contributed by atoms with van der Waals surface area (Å²) in [5.74, 6) is 0.873. The molecule has 0 radical (unpaired) electrons. The summed E-state index contributed by atoms with van der Waals surface area (Å²) in [5, 5.41) is 0. The minimum absolute atomic E-state index is 0.873. The Morgan fingerprint density at radius 2 is 1.44 bits per heavy atom. The summed E-state index contributed by atoms with van der Waals surface area (Å²) >= 11 is 0. The van der Waals surface area contributed by atoms with Crippen molar-refractivity contribution in [2.45, 2.75) is 0 Å². The molecule has 0 fully saturated rings. The second-order valence-electron chi connectivity index (χ2n) is 3.60.